The highest BCUT2D eigenvalue weighted by Gasteiger charge is 2.16. The monoisotopic (exact) mass is 285 g/mol. The van der Waals surface area contributed by atoms with E-state index in [4.69, 9.17) is 11.6 Å². The molecule has 0 aliphatic carbocycles. The Morgan fingerprint density at radius 2 is 2.00 bits per heavy atom. The second-order valence-corrected chi connectivity index (χ2v) is 5.96. The summed E-state index contributed by atoms with van der Waals surface area (Å²) in [6.45, 7) is 9.94. The van der Waals surface area contributed by atoms with Crippen LogP contribution in [0, 0.1) is 5.92 Å². The molecule has 1 aromatic heterocycles. The average molecular weight is 286 g/mol. The van der Waals surface area contributed by atoms with Crippen LogP contribution in [0.2, 0.25) is 5.02 Å². The largest absolute Gasteiger partial charge is 0.314 e. The van der Waals surface area contributed by atoms with Crippen molar-refractivity contribution in [2.45, 2.75) is 59.4 Å². The lowest BCUT2D eigenvalue weighted by molar-refractivity contribution is 0.413. The molecule has 0 fully saturated rings. The van der Waals surface area contributed by atoms with Gasteiger partial charge in [-0.1, -0.05) is 32.4 Å². The van der Waals surface area contributed by atoms with Crippen molar-refractivity contribution in [3.63, 3.8) is 0 Å². The fourth-order valence-electron chi connectivity index (χ4n) is 2.53. The van der Waals surface area contributed by atoms with E-state index in [0.717, 1.165) is 30.1 Å². The Hall–Kier alpha value is -0.540. The predicted octanol–water partition coefficient (Wildman–Crippen LogP) is 3.59. The maximum Gasteiger partial charge on any atom is 0.0849 e. The van der Waals surface area contributed by atoms with Crippen molar-refractivity contribution in [2.24, 2.45) is 13.0 Å². The van der Waals surface area contributed by atoms with E-state index >= 15 is 0 Å². The van der Waals surface area contributed by atoms with Crippen LogP contribution in [0.15, 0.2) is 0 Å². The van der Waals surface area contributed by atoms with E-state index in [1.807, 2.05) is 11.7 Å². The molecule has 0 radical (unpaired) electrons. The number of nitrogens with zero attached hydrogens (tertiary/aromatic N) is 2. The molecule has 4 heteroatoms. The molecular formula is C15H28ClN3. The van der Waals surface area contributed by atoms with Crippen molar-refractivity contribution in [3.05, 3.63) is 16.4 Å². The third-order valence-corrected chi connectivity index (χ3v) is 3.98. The highest BCUT2D eigenvalue weighted by Crippen LogP contribution is 2.24. The number of halogens is 1. The maximum absolute atomic E-state index is 6.40. The molecule has 19 heavy (non-hydrogen) atoms. The van der Waals surface area contributed by atoms with Crippen LogP contribution in [0.3, 0.4) is 0 Å². The first kappa shape index (κ1) is 16.5. The van der Waals surface area contributed by atoms with Crippen LogP contribution in [0.1, 0.15) is 51.9 Å². The number of aryl methyl sites for hydroxylation is 2. The predicted molar refractivity (Wildman–Crippen MR) is 82.8 cm³/mol. The van der Waals surface area contributed by atoms with Gasteiger partial charge in [-0.15, -0.1) is 0 Å². The van der Waals surface area contributed by atoms with E-state index in [0.29, 0.717) is 12.0 Å². The Bertz CT molecular complexity index is 387. The van der Waals surface area contributed by atoms with Gasteiger partial charge in [-0.25, -0.2) is 0 Å². The molecule has 1 aromatic rings. The normalized spacial score (nSPS) is 14.6. The van der Waals surface area contributed by atoms with E-state index in [-0.39, 0.29) is 0 Å². The fraction of sp³-hybridized carbons (Fsp3) is 0.800. The number of rotatable bonds is 8. The van der Waals surface area contributed by atoms with Crippen LogP contribution in [-0.4, -0.2) is 22.4 Å². The molecule has 0 saturated carbocycles. The number of aromatic nitrogens is 2. The van der Waals surface area contributed by atoms with Crippen molar-refractivity contribution in [3.8, 4) is 0 Å². The van der Waals surface area contributed by atoms with Gasteiger partial charge in [-0.05, 0) is 45.1 Å². The van der Waals surface area contributed by atoms with E-state index in [1.165, 1.54) is 18.5 Å². The molecule has 0 bridgehead atoms. The Morgan fingerprint density at radius 3 is 2.53 bits per heavy atom. The van der Waals surface area contributed by atoms with Crippen LogP contribution in [0.5, 0.6) is 0 Å². The summed E-state index contributed by atoms with van der Waals surface area (Å²) in [5, 5.41) is 8.89. The molecule has 3 nitrogen and oxygen atoms in total. The van der Waals surface area contributed by atoms with Gasteiger partial charge < -0.3 is 5.32 Å². The SMILES string of the molecule is CCCNC(C)CC(C)Cc1c(Cl)c(CC)nn1C. The third kappa shape index (κ3) is 4.81. The zero-order chi connectivity index (χ0) is 14.4. The summed E-state index contributed by atoms with van der Waals surface area (Å²) in [6.07, 6.45) is 4.26. The summed E-state index contributed by atoms with van der Waals surface area (Å²) in [7, 11) is 1.99. The summed E-state index contributed by atoms with van der Waals surface area (Å²) in [6, 6.07) is 0.563. The first-order chi connectivity index (χ1) is 8.99. The zero-order valence-electron chi connectivity index (χ0n) is 13.0. The fourth-order valence-corrected chi connectivity index (χ4v) is 2.90. The maximum atomic E-state index is 6.40. The number of hydrogen-bond acceptors (Lipinski definition) is 2. The van der Waals surface area contributed by atoms with Crippen LogP contribution < -0.4 is 5.32 Å². The molecule has 0 aromatic carbocycles. The van der Waals surface area contributed by atoms with Crippen molar-refractivity contribution in [2.75, 3.05) is 6.54 Å². The van der Waals surface area contributed by atoms with Crippen molar-refractivity contribution in [1.29, 1.82) is 0 Å². The zero-order valence-corrected chi connectivity index (χ0v) is 13.7. The van der Waals surface area contributed by atoms with Gasteiger partial charge in [0.1, 0.15) is 0 Å². The van der Waals surface area contributed by atoms with Crippen molar-refractivity contribution in [1.82, 2.24) is 15.1 Å². The topological polar surface area (TPSA) is 29.9 Å². The van der Waals surface area contributed by atoms with Gasteiger partial charge in [0.05, 0.1) is 16.4 Å². The molecule has 1 heterocycles. The van der Waals surface area contributed by atoms with Crippen LogP contribution in [0.4, 0.5) is 0 Å². The van der Waals surface area contributed by atoms with E-state index in [1.54, 1.807) is 0 Å². The van der Waals surface area contributed by atoms with Gasteiger partial charge >= 0.3 is 0 Å². The molecule has 0 amide bonds. The molecule has 1 N–H and O–H groups in total. The molecule has 0 saturated heterocycles. The van der Waals surface area contributed by atoms with Gasteiger partial charge in [0.2, 0.25) is 0 Å². The third-order valence-electron chi connectivity index (χ3n) is 3.54. The molecule has 0 aliphatic rings. The van der Waals surface area contributed by atoms with Gasteiger partial charge in [0, 0.05) is 13.1 Å². The average Bonchev–Trinajstić information content (AvgIpc) is 2.63. The Labute approximate surface area is 122 Å². The highest BCUT2D eigenvalue weighted by molar-refractivity contribution is 6.31. The van der Waals surface area contributed by atoms with E-state index in [9.17, 15) is 0 Å². The summed E-state index contributed by atoms with van der Waals surface area (Å²) in [4.78, 5) is 0. The minimum atomic E-state index is 0.563. The van der Waals surface area contributed by atoms with Crippen LogP contribution >= 0.6 is 11.6 Å². The first-order valence-electron chi connectivity index (χ1n) is 7.43. The smallest absolute Gasteiger partial charge is 0.0849 e. The second-order valence-electron chi connectivity index (χ2n) is 5.58. The molecule has 1 rings (SSSR count). The summed E-state index contributed by atoms with van der Waals surface area (Å²) in [5.74, 6) is 0.608. The Morgan fingerprint density at radius 1 is 1.32 bits per heavy atom. The molecule has 2 unspecified atom stereocenters. The lowest BCUT2D eigenvalue weighted by atomic mass is 9.97. The van der Waals surface area contributed by atoms with Gasteiger partial charge in [-0.2, -0.15) is 5.10 Å². The molecular weight excluding hydrogens is 258 g/mol. The van der Waals surface area contributed by atoms with Crippen LogP contribution in [-0.2, 0) is 19.9 Å². The lowest BCUT2D eigenvalue weighted by Crippen LogP contribution is -2.29. The minimum Gasteiger partial charge on any atom is -0.314 e. The molecule has 0 aliphatic heterocycles. The molecule has 110 valence electrons. The van der Waals surface area contributed by atoms with Crippen molar-refractivity contribution < 1.29 is 0 Å². The molecule has 2 atom stereocenters. The van der Waals surface area contributed by atoms with Gasteiger partial charge in [-0.3, -0.25) is 4.68 Å². The number of hydrogen-bond donors (Lipinski definition) is 1. The van der Waals surface area contributed by atoms with Crippen LogP contribution in [0.25, 0.3) is 0 Å². The summed E-state index contributed by atoms with van der Waals surface area (Å²) in [5.41, 5.74) is 2.19. The standard InChI is InChI=1S/C15H28ClN3/c1-6-8-17-12(4)9-11(3)10-14-15(16)13(7-2)18-19(14)5/h11-12,17H,6-10H2,1-5H3. The minimum absolute atomic E-state index is 0.563. The Balaban J connectivity index is 2.57. The van der Waals surface area contributed by atoms with Crippen molar-refractivity contribution >= 4 is 11.6 Å². The first-order valence-corrected chi connectivity index (χ1v) is 7.80. The summed E-state index contributed by atoms with van der Waals surface area (Å²) < 4.78 is 1.95. The lowest BCUT2D eigenvalue weighted by Gasteiger charge is -2.18. The van der Waals surface area contributed by atoms with E-state index < -0.39 is 0 Å². The van der Waals surface area contributed by atoms with E-state index in [2.05, 4.69) is 38.1 Å². The highest BCUT2D eigenvalue weighted by atomic mass is 35.5. The van der Waals surface area contributed by atoms with Gasteiger partial charge in [0.15, 0.2) is 0 Å². The quantitative estimate of drug-likeness (QED) is 0.791. The van der Waals surface area contributed by atoms with Gasteiger partial charge in [0.25, 0.3) is 0 Å². The summed E-state index contributed by atoms with van der Waals surface area (Å²) >= 11 is 6.40. The second kappa shape index (κ2) is 7.91. The molecule has 0 spiro atoms. The Kier molecular flexibility index (Phi) is 6.87. The number of nitrogens with one attached hydrogen (secondary N) is 1.